The van der Waals surface area contributed by atoms with Crippen molar-refractivity contribution < 1.29 is 9.90 Å². The lowest BCUT2D eigenvalue weighted by Crippen LogP contribution is -2.48. The number of nitrogens with one attached hydrogen (secondary N) is 2. The molecule has 2 aromatic carbocycles. The van der Waals surface area contributed by atoms with Gasteiger partial charge in [-0.15, -0.1) is 10.2 Å². The standard InChI is InChI=1S/C21H21Cl2N7O2/c1-21(5-6-29(9-21)16-4-2-3-13(18(16)31)19(24)25)28-20(32)17-14(22)7-12(8-15(17)23)30-10-26-27-11-30/h2-4,7-8,10-11,31H,5-6,9H2,1H3,(H3,24,25)(H,28,32). The Kier molecular flexibility index (Phi) is 5.70. The summed E-state index contributed by atoms with van der Waals surface area (Å²) >= 11 is 12.8. The Morgan fingerprint density at radius 1 is 1.25 bits per heavy atom. The number of phenolic OH excluding ortho intramolecular Hbond substituents is 1. The van der Waals surface area contributed by atoms with Crippen molar-refractivity contribution in [3.63, 3.8) is 0 Å². The maximum Gasteiger partial charge on any atom is 0.254 e. The minimum absolute atomic E-state index is 0.0498. The zero-order valence-corrected chi connectivity index (χ0v) is 18.7. The lowest BCUT2D eigenvalue weighted by atomic mass is 10.0. The number of nitrogens with two attached hydrogens (primary N) is 1. The molecule has 0 bridgehead atoms. The van der Waals surface area contributed by atoms with Crippen LogP contribution in [0.2, 0.25) is 10.0 Å². The number of carbonyl (C=O) groups is 1. The monoisotopic (exact) mass is 473 g/mol. The van der Waals surface area contributed by atoms with Crippen LogP contribution in [0.4, 0.5) is 5.69 Å². The summed E-state index contributed by atoms with van der Waals surface area (Å²) in [5.74, 6) is -0.647. The van der Waals surface area contributed by atoms with E-state index in [-0.39, 0.29) is 38.7 Å². The van der Waals surface area contributed by atoms with Crippen molar-refractivity contribution in [1.82, 2.24) is 20.1 Å². The molecule has 1 atom stereocenters. The summed E-state index contributed by atoms with van der Waals surface area (Å²) in [6, 6.07) is 8.33. The minimum Gasteiger partial charge on any atom is -0.505 e. The van der Waals surface area contributed by atoms with E-state index in [1.54, 1.807) is 34.9 Å². The quantitative estimate of drug-likeness (QED) is 0.332. The van der Waals surface area contributed by atoms with E-state index in [9.17, 15) is 9.90 Å². The Morgan fingerprint density at radius 3 is 2.53 bits per heavy atom. The molecule has 32 heavy (non-hydrogen) atoms. The summed E-state index contributed by atoms with van der Waals surface area (Å²) < 4.78 is 1.64. The van der Waals surface area contributed by atoms with Crippen LogP contribution in [0.1, 0.15) is 29.3 Å². The van der Waals surface area contributed by atoms with E-state index in [1.807, 2.05) is 11.8 Å². The number of benzene rings is 2. The first-order valence-electron chi connectivity index (χ1n) is 9.76. The van der Waals surface area contributed by atoms with E-state index in [0.29, 0.717) is 30.9 Å². The van der Waals surface area contributed by atoms with Gasteiger partial charge in [0, 0.05) is 13.1 Å². The number of rotatable bonds is 5. The molecule has 11 heteroatoms. The number of anilines is 1. The largest absolute Gasteiger partial charge is 0.505 e. The molecule has 1 aromatic heterocycles. The van der Waals surface area contributed by atoms with Crippen molar-refractivity contribution in [3.8, 4) is 11.4 Å². The summed E-state index contributed by atoms with van der Waals surface area (Å²) in [6.07, 6.45) is 3.65. The predicted molar refractivity (Wildman–Crippen MR) is 123 cm³/mol. The second-order valence-electron chi connectivity index (χ2n) is 7.93. The van der Waals surface area contributed by atoms with E-state index in [1.165, 1.54) is 12.7 Å². The Morgan fingerprint density at radius 2 is 1.91 bits per heavy atom. The fourth-order valence-electron chi connectivity index (χ4n) is 3.87. The molecule has 0 aliphatic carbocycles. The van der Waals surface area contributed by atoms with E-state index >= 15 is 0 Å². The van der Waals surface area contributed by atoms with Gasteiger partial charge in [-0.1, -0.05) is 29.3 Å². The highest BCUT2D eigenvalue weighted by atomic mass is 35.5. The molecule has 1 fully saturated rings. The maximum atomic E-state index is 13.1. The van der Waals surface area contributed by atoms with E-state index in [2.05, 4.69) is 15.5 Å². The van der Waals surface area contributed by atoms with Crippen molar-refractivity contribution in [2.75, 3.05) is 18.0 Å². The number of nitrogens with zero attached hydrogens (tertiary/aromatic N) is 4. The highest BCUT2D eigenvalue weighted by molar-refractivity contribution is 6.40. The van der Waals surface area contributed by atoms with Crippen molar-refractivity contribution in [3.05, 3.63) is 64.2 Å². The topological polar surface area (TPSA) is 133 Å². The Balaban J connectivity index is 1.53. The minimum atomic E-state index is -0.588. The summed E-state index contributed by atoms with van der Waals surface area (Å²) in [5, 5.41) is 29.1. The molecule has 2 heterocycles. The van der Waals surface area contributed by atoms with E-state index in [4.69, 9.17) is 34.3 Å². The van der Waals surface area contributed by atoms with E-state index in [0.717, 1.165) is 0 Å². The fourth-order valence-corrected chi connectivity index (χ4v) is 4.52. The molecule has 1 amide bonds. The molecule has 3 aromatic rings. The molecule has 1 unspecified atom stereocenters. The predicted octanol–water partition coefficient (Wildman–Crippen LogP) is 2.96. The van der Waals surface area contributed by atoms with Gasteiger partial charge in [-0.2, -0.15) is 0 Å². The van der Waals surface area contributed by atoms with Crippen molar-refractivity contribution in [2.45, 2.75) is 18.9 Å². The van der Waals surface area contributed by atoms with Crippen LogP contribution in [0.25, 0.3) is 5.69 Å². The SMILES string of the molecule is CC1(NC(=O)c2c(Cl)cc(-n3cnnc3)cc2Cl)CCN(c2cccc(C(=N)N)c2O)C1. The van der Waals surface area contributed by atoms with Crippen LogP contribution in [-0.2, 0) is 0 Å². The van der Waals surface area contributed by atoms with Crippen LogP contribution in [0.15, 0.2) is 43.0 Å². The number of halogens is 2. The lowest BCUT2D eigenvalue weighted by Gasteiger charge is -2.28. The summed E-state index contributed by atoms with van der Waals surface area (Å²) in [5.41, 5.74) is 6.62. The first-order valence-corrected chi connectivity index (χ1v) is 10.5. The van der Waals surface area contributed by atoms with Gasteiger partial charge in [0.2, 0.25) is 0 Å². The van der Waals surface area contributed by atoms with Gasteiger partial charge in [-0.05, 0) is 37.6 Å². The molecule has 1 saturated heterocycles. The third kappa shape index (κ3) is 4.09. The first-order chi connectivity index (χ1) is 15.2. The van der Waals surface area contributed by atoms with Gasteiger partial charge in [0.1, 0.15) is 24.2 Å². The highest BCUT2D eigenvalue weighted by Gasteiger charge is 2.37. The smallest absolute Gasteiger partial charge is 0.254 e. The Labute approximate surface area is 194 Å². The number of carbonyl (C=O) groups excluding carboxylic acids is 1. The number of hydrogen-bond acceptors (Lipinski definition) is 6. The molecule has 0 saturated carbocycles. The Bertz CT molecular complexity index is 1180. The number of hydrogen-bond donors (Lipinski definition) is 4. The van der Waals surface area contributed by atoms with Crippen LogP contribution in [0.3, 0.4) is 0 Å². The normalized spacial score (nSPS) is 18.0. The highest BCUT2D eigenvalue weighted by Crippen LogP contribution is 2.36. The summed E-state index contributed by atoms with van der Waals surface area (Å²) in [6.45, 7) is 2.96. The molecule has 1 aliphatic heterocycles. The number of para-hydroxylation sites is 1. The van der Waals surface area contributed by atoms with Crippen molar-refractivity contribution in [1.29, 1.82) is 5.41 Å². The first kappa shape index (κ1) is 21.9. The van der Waals surface area contributed by atoms with Crippen LogP contribution in [-0.4, -0.2) is 50.2 Å². The molecule has 0 radical (unpaired) electrons. The number of aromatic hydroxyl groups is 1. The van der Waals surface area contributed by atoms with Gasteiger partial charge in [0.05, 0.1) is 38.1 Å². The average molecular weight is 474 g/mol. The third-order valence-electron chi connectivity index (χ3n) is 5.51. The van der Waals surface area contributed by atoms with Gasteiger partial charge in [0.15, 0.2) is 0 Å². The lowest BCUT2D eigenvalue weighted by molar-refractivity contribution is 0.0914. The van der Waals surface area contributed by atoms with Crippen molar-refractivity contribution in [2.24, 2.45) is 5.73 Å². The zero-order chi connectivity index (χ0) is 23.0. The van der Waals surface area contributed by atoms with Crippen LogP contribution >= 0.6 is 23.2 Å². The molecule has 9 nitrogen and oxygen atoms in total. The van der Waals surface area contributed by atoms with Crippen LogP contribution in [0, 0.1) is 5.41 Å². The van der Waals surface area contributed by atoms with Crippen LogP contribution < -0.4 is 16.0 Å². The molecular formula is C21H21Cl2N7O2. The zero-order valence-electron chi connectivity index (χ0n) is 17.1. The second kappa shape index (κ2) is 8.33. The molecule has 1 aliphatic rings. The van der Waals surface area contributed by atoms with E-state index < -0.39 is 5.54 Å². The van der Waals surface area contributed by atoms with Crippen molar-refractivity contribution >= 4 is 40.6 Å². The van der Waals surface area contributed by atoms with Gasteiger partial charge in [0.25, 0.3) is 5.91 Å². The number of aromatic nitrogens is 3. The summed E-state index contributed by atoms with van der Waals surface area (Å²) in [7, 11) is 0. The summed E-state index contributed by atoms with van der Waals surface area (Å²) in [4.78, 5) is 15.0. The molecule has 4 rings (SSSR count). The molecular weight excluding hydrogens is 453 g/mol. The number of phenols is 1. The number of nitrogen functional groups attached to an aromatic ring is 1. The molecule has 0 spiro atoms. The number of amides is 1. The molecule has 166 valence electrons. The molecule has 5 N–H and O–H groups in total. The van der Waals surface area contributed by atoms with Crippen LogP contribution in [0.5, 0.6) is 5.75 Å². The van der Waals surface area contributed by atoms with Gasteiger partial charge in [-0.3, -0.25) is 14.8 Å². The van der Waals surface area contributed by atoms with Gasteiger partial charge < -0.3 is 21.1 Å². The van der Waals surface area contributed by atoms with Gasteiger partial charge in [-0.25, -0.2) is 0 Å². The second-order valence-corrected chi connectivity index (χ2v) is 8.74. The Hall–Kier alpha value is -3.30. The van der Waals surface area contributed by atoms with Gasteiger partial charge >= 0.3 is 0 Å². The number of amidine groups is 1. The third-order valence-corrected chi connectivity index (χ3v) is 6.10. The maximum absolute atomic E-state index is 13.1. The average Bonchev–Trinajstić information content (AvgIpc) is 3.37. The fraction of sp³-hybridized carbons (Fsp3) is 0.238.